The summed E-state index contributed by atoms with van der Waals surface area (Å²) in [5, 5.41) is 13.0. The van der Waals surface area contributed by atoms with E-state index < -0.39 is 0 Å². The van der Waals surface area contributed by atoms with Crippen molar-refractivity contribution in [2.24, 2.45) is 0 Å². The molecule has 4 heteroatoms. The Hall–Kier alpha value is -1.81. The van der Waals surface area contributed by atoms with Gasteiger partial charge in [0.2, 0.25) is 0 Å². The van der Waals surface area contributed by atoms with Gasteiger partial charge in [-0.1, -0.05) is 18.2 Å². The lowest BCUT2D eigenvalue weighted by Gasteiger charge is -2.14. The smallest absolute Gasteiger partial charge is 0.120 e. The Kier molecular flexibility index (Phi) is 3.77. The molecule has 0 bridgehead atoms. The predicted molar refractivity (Wildman–Crippen MR) is 66.6 cm³/mol. The number of rotatable bonds is 5. The van der Waals surface area contributed by atoms with Crippen LogP contribution in [0.3, 0.4) is 0 Å². The minimum absolute atomic E-state index is 0.323. The molecule has 0 aliphatic rings. The molecular weight excluding hydrogens is 214 g/mol. The fourth-order valence-electron chi connectivity index (χ4n) is 1.72. The van der Waals surface area contributed by atoms with E-state index in [9.17, 15) is 5.11 Å². The van der Waals surface area contributed by atoms with Gasteiger partial charge < -0.3 is 15.0 Å². The van der Waals surface area contributed by atoms with Crippen molar-refractivity contribution in [3.63, 3.8) is 0 Å². The second-order valence-electron chi connectivity index (χ2n) is 4.17. The van der Waals surface area contributed by atoms with Gasteiger partial charge in [0.1, 0.15) is 5.75 Å². The van der Waals surface area contributed by atoms with E-state index in [0.717, 1.165) is 12.1 Å². The molecule has 17 heavy (non-hydrogen) atoms. The first-order valence-corrected chi connectivity index (χ1v) is 5.71. The molecule has 0 fully saturated rings. The van der Waals surface area contributed by atoms with Crippen LogP contribution < -0.4 is 5.32 Å². The standard InChI is InChI=1S/C13H17N3O/c1-11(9-16-7-6-14-10-16)15-8-12-4-2-3-5-13(12)17/h2-7,10-11,15,17H,8-9H2,1H3. The zero-order valence-electron chi connectivity index (χ0n) is 9.87. The number of hydrogen-bond donors (Lipinski definition) is 2. The Balaban J connectivity index is 1.84. The lowest BCUT2D eigenvalue weighted by Crippen LogP contribution is -2.29. The highest BCUT2D eigenvalue weighted by Gasteiger charge is 2.04. The van der Waals surface area contributed by atoms with Gasteiger partial charge in [0.25, 0.3) is 0 Å². The molecule has 4 nitrogen and oxygen atoms in total. The van der Waals surface area contributed by atoms with Crippen molar-refractivity contribution in [1.29, 1.82) is 0 Å². The summed E-state index contributed by atoms with van der Waals surface area (Å²) in [6, 6.07) is 7.71. The molecule has 2 aromatic rings. The number of aromatic nitrogens is 2. The van der Waals surface area contributed by atoms with E-state index in [1.165, 1.54) is 0 Å². The largest absolute Gasteiger partial charge is 0.508 e. The molecule has 1 unspecified atom stereocenters. The first-order chi connectivity index (χ1) is 8.25. The van der Waals surface area contributed by atoms with Gasteiger partial charge in [-0.3, -0.25) is 0 Å². The summed E-state index contributed by atoms with van der Waals surface area (Å²) >= 11 is 0. The van der Waals surface area contributed by atoms with Gasteiger partial charge in [-0.2, -0.15) is 0 Å². The van der Waals surface area contributed by atoms with Crippen LogP contribution in [-0.2, 0) is 13.1 Å². The number of imidazole rings is 1. The Morgan fingerprint density at radius 2 is 2.24 bits per heavy atom. The van der Waals surface area contributed by atoms with Crippen molar-refractivity contribution < 1.29 is 5.11 Å². The molecule has 1 aromatic heterocycles. The molecular formula is C13H17N3O. The van der Waals surface area contributed by atoms with Crippen LogP contribution in [0.4, 0.5) is 0 Å². The first kappa shape index (κ1) is 11.7. The first-order valence-electron chi connectivity index (χ1n) is 5.71. The molecule has 2 N–H and O–H groups in total. The number of nitrogens with zero attached hydrogens (tertiary/aromatic N) is 2. The fraction of sp³-hybridized carbons (Fsp3) is 0.308. The Bertz CT molecular complexity index is 453. The van der Waals surface area contributed by atoms with Gasteiger partial charge in [0, 0.05) is 37.1 Å². The van der Waals surface area contributed by atoms with Crippen molar-refractivity contribution in [2.75, 3.05) is 0 Å². The summed E-state index contributed by atoms with van der Waals surface area (Å²) in [6.45, 7) is 3.65. The summed E-state index contributed by atoms with van der Waals surface area (Å²) in [7, 11) is 0. The third kappa shape index (κ3) is 3.32. The monoisotopic (exact) mass is 231 g/mol. The van der Waals surface area contributed by atoms with Crippen LogP contribution in [0, 0.1) is 0 Å². The van der Waals surface area contributed by atoms with Crippen LogP contribution in [0.5, 0.6) is 5.75 Å². The van der Waals surface area contributed by atoms with Crippen molar-refractivity contribution in [1.82, 2.24) is 14.9 Å². The lowest BCUT2D eigenvalue weighted by molar-refractivity contribution is 0.446. The summed E-state index contributed by atoms with van der Waals surface area (Å²) in [6.07, 6.45) is 5.52. The Morgan fingerprint density at radius 1 is 1.41 bits per heavy atom. The second kappa shape index (κ2) is 5.50. The maximum Gasteiger partial charge on any atom is 0.120 e. The van der Waals surface area contributed by atoms with Crippen molar-refractivity contribution >= 4 is 0 Å². The molecule has 0 saturated heterocycles. The van der Waals surface area contributed by atoms with Crippen LogP contribution in [0.2, 0.25) is 0 Å². The number of phenolic OH excluding ortho intramolecular Hbond substituents is 1. The van der Waals surface area contributed by atoms with E-state index >= 15 is 0 Å². The van der Waals surface area contributed by atoms with E-state index in [1.807, 2.05) is 29.0 Å². The third-order valence-electron chi connectivity index (χ3n) is 2.68. The number of benzene rings is 1. The van der Waals surface area contributed by atoms with Crippen LogP contribution in [-0.4, -0.2) is 20.7 Å². The average molecular weight is 231 g/mol. The molecule has 0 saturated carbocycles. The van der Waals surface area contributed by atoms with E-state index in [1.54, 1.807) is 18.6 Å². The van der Waals surface area contributed by atoms with Gasteiger partial charge >= 0.3 is 0 Å². The zero-order chi connectivity index (χ0) is 12.1. The number of nitrogens with one attached hydrogen (secondary N) is 1. The maximum atomic E-state index is 9.62. The minimum atomic E-state index is 0.323. The van der Waals surface area contributed by atoms with Crippen LogP contribution in [0.15, 0.2) is 43.0 Å². The molecule has 90 valence electrons. The van der Waals surface area contributed by atoms with E-state index in [2.05, 4.69) is 17.2 Å². The lowest BCUT2D eigenvalue weighted by atomic mass is 10.2. The molecule has 1 aromatic carbocycles. The highest BCUT2D eigenvalue weighted by Crippen LogP contribution is 2.15. The van der Waals surface area contributed by atoms with Crippen molar-refractivity contribution in [2.45, 2.75) is 26.1 Å². The van der Waals surface area contributed by atoms with Gasteiger partial charge in [0.05, 0.1) is 6.33 Å². The van der Waals surface area contributed by atoms with E-state index in [4.69, 9.17) is 0 Å². The molecule has 0 spiro atoms. The van der Waals surface area contributed by atoms with Crippen LogP contribution >= 0.6 is 0 Å². The summed E-state index contributed by atoms with van der Waals surface area (Å²) in [5.74, 6) is 0.342. The highest BCUT2D eigenvalue weighted by atomic mass is 16.3. The molecule has 2 rings (SSSR count). The summed E-state index contributed by atoms with van der Waals surface area (Å²) in [4.78, 5) is 4.00. The fourth-order valence-corrected chi connectivity index (χ4v) is 1.72. The van der Waals surface area contributed by atoms with Crippen LogP contribution in [0.1, 0.15) is 12.5 Å². The predicted octanol–water partition coefficient (Wildman–Crippen LogP) is 1.77. The summed E-state index contributed by atoms with van der Waals surface area (Å²) in [5.41, 5.74) is 0.921. The van der Waals surface area contributed by atoms with Gasteiger partial charge in [-0.05, 0) is 13.0 Å². The van der Waals surface area contributed by atoms with Crippen LogP contribution in [0.25, 0.3) is 0 Å². The molecule has 1 heterocycles. The van der Waals surface area contributed by atoms with E-state index in [-0.39, 0.29) is 0 Å². The topological polar surface area (TPSA) is 50.1 Å². The molecule has 0 aliphatic carbocycles. The molecule has 0 amide bonds. The van der Waals surface area contributed by atoms with Gasteiger partial charge in [-0.25, -0.2) is 4.98 Å². The van der Waals surface area contributed by atoms with E-state index in [0.29, 0.717) is 18.3 Å². The van der Waals surface area contributed by atoms with Gasteiger partial charge in [0.15, 0.2) is 0 Å². The number of para-hydroxylation sites is 1. The van der Waals surface area contributed by atoms with Crippen molar-refractivity contribution in [3.8, 4) is 5.75 Å². The number of aromatic hydroxyl groups is 1. The third-order valence-corrected chi connectivity index (χ3v) is 2.68. The zero-order valence-corrected chi connectivity index (χ0v) is 9.87. The number of phenols is 1. The minimum Gasteiger partial charge on any atom is -0.508 e. The quantitative estimate of drug-likeness (QED) is 0.824. The summed E-state index contributed by atoms with van der Waals surface area (Å²) < 4.78 is 2.03. The molecule has 0 aliphatic heterocycles. The Morgan fingerprint density at radius 3 is 2.94 bits per heavy atom. The second-order valence-corrected chi connectivity index (χ2v) is 4.17. The van der Waals surface area contributed by atoms with Gasteiger partial charge in [-0.15, -0.1) is 0 Å². The van der Waals surface area contributed by atoms with Crippen molar-refractivity contribution in [3.05, 3.63) is 48.5 Å². The maximum absolute atomic E-state index is 9.62. The number of hydrogen-bond acceptors (Lipinski definition) is 3. The normalized spacial score (nSPS) is 12.5. The SMILES string of the molecule is CC(Cn1ccnc1)NCc1ccccc1O. The molecule has 1 atom stereocenters. The Labute approximate surface area is 101 Å². The molecule has 0 radical (unpaired) electrons. The average Bonchev–Trinajstić information content (AvgIpc) is 2.81. The highest BCUT2D eigenvalue weighted by molar-refractivity contribution is 5.31.